The zero-order valence-corrected chi connectivity index (χ0v) is 59.6. The number of halogens is 1. The third-order valence-corrected chi connectivity index (χ3v) is 23.6. The minimum absolute atomic E-state index is 0.0815. The first-order valence-corrected chi connectivity index (χ1v) is 36.2. The van der Waals surface area contributed by atoms with Crippen molar-refractivity contribution in [1.82, 2.24) is 15.0 Å². The van der Waals surface area contributed by atoms with Crippen LogP contribution in [0.15, 0.2) is 201 Å². The molecule has 0 N–H and O–H groups in total. The van der Waals surface area contributed by atoms with Crippen molar-refractivity contribution in [3.63, 3.8) is 0 Å². The van der Waals surface area contributed by atoms with Crippen molar-refractivity contribution < 1.29 is 18.1 Å². The van der Waals surface area contributed by atoms with Gasteiger partial charge in [-0.3, -0.25) is 15.0 Å². The minimum Gasteiger partial charge on any atom is -0.257 e. The molecule has 7 heteroatoms. The number of rotatable bonds is 6. The summed E-state index contributed by atoms with van der Waals surface area (Å²) in [6.07, 6.45) is 21.5. The lowest BCUT2D eigenvalue weighted by Gasteiger charge is -2.26. The van der Waals surface area contributed by atoms with Crippen LogP contribution >= 0.6 is 0 Å². The zero-order valence-electron chi connectivity index (χ0n) is 59.6. The summed E-state index contributed by atoms with van der Waals surface area (Å²) in [7, 11) is 6.39. The van der Waals surface area contributed by atoms with E-state index in [1.807, 2.05) is 12.1 Å². The highest BCUT2D eigenvalue weighted by molar-refractivity contribution is 5.88. The van der Waals surface area contributed by atoms with Crippen LogP contribution in [0.3, 0.4) is 0 Å². The highest BCUT2D eigenvalue weighted by atomic mass is 19.1. The van der Waals surface area contributed by atoms with Gasteiger partial charge < -0.3 is 0 Å². The molecule has 0 unspecified atom stereocenters. The second kappa shape index (κ2) is 24.8. The quantitative estimate of drug-likeness (QED) is 0.156. The molecule has 6 nitrogen and oxygen atoms in total. The number of aryl methyl sites for hydroxylation is 11. The lowest BCUT2D eigenvalue weighted by Crippen LogP contribution is -2.30. The van der Waals surface area contributed by atoms with Crippen LogP contribution in [0.25, 0.3) is 101 Å². The van der Waals surface area contributed by atoms with Crippen LogP contribution in [-0.4, -0.2) is 15.0 Å². The van der Waals surface area contributed by atoms with E-state index in [1.54, 1.807) is 0 Å². The van der Waals surface area contributed by atoms with Crippen molar-refractivity contribution >= 4 is 0 Å². The second-order valence-electron chi connectivity index (χ2n) is 30.0. The smallest absolute Gasteiger partial charge is 0.213 e. The first-order chi connectivity index (χ1) is 47.9. The van der Waals surface area contributed by atoms with Crippen LogP contribution in [0.2, 0.25) is 0 Å². The predicted molar refractivity (Wildman–Crippen MR) is 401 cm³/mol. The molecular formula is C92H90FN6+3. The topological polar surface area (TPSA) is 50.3 Å². The number of aromatic nitrogens is 6. The van der Waals surface area contributed by atoms with E-state index in [-0.39, 0.29) is 22.1 Å². The van der Waals surface area contributed by atoms with E-state index in [0.29, 0.717) is 0 Å². The molecule has 6 aliphatic carbocycles. The Morgan fingerprint density at radius 3 is 0.838 bits per heavy atom. The molecule has 6 heterocycles. The Labute approximate surface area is 585 Å². The summed E-state index contributed by atoms with van der Waals surface area (Å²) in [5, 5.41) is 0. The minimum atomic E-state index is -0.210. The molecule has 99 heavy (non-hydrogen) atoms. The Bertz CT molecular complexity index is 4700. The van der Waals surface area contributed by atoms with Gasteiger partial charge >= 0.3 is 0 Å². The first-order valence-electron chi connectivity index (χ1n) is 36.2. The van der Waals surface area contributed by atoms with Crippen LogP contribution in [0, 0.1) is 61.2 Å². The Kier molecular flexibility index (Phi) is 16.0. The molecule has 492 valence electrons. The average molecular weight is 1300 g/mol. The van der Waals surface area contributed by atoms with Crippen LogP contribution in [0.1, 0.15) is 156 Å². The van der Waals surface area contributed by atoms with Gasteiger partial charge in [-0.2, -0.15) is 0 Å². The van der Waals surface area contributed by atoms with E-state index < -0.39 is 0 Å². The molecule has 0 radical (unpaired) electrons. The van der Waals surface area contributed by atoms with Crippen molar-refractivity contribution in [2.45, 2.75) is 149 Å². The molecule has 3 saturated carbocycles. The van der Waals surface area contributed by atoms with E-state index in [1.165, 1.54) is 234 Å². The van der Waals surface area contributed by atoms with Crippen molar-refractivity contribution in [3.8, 4) is 101 Å². The zero-order chi connectivity index (χ0) is 68.2. The molecule has 0 bridgehead atoms. The Hall–Kier alpha value is -9.85. The van der Waals surface area contributed by atoms with Crippen LogP contribution in [-0.2, 0) is 37.4 Å². The fourth-order valence-electron chi connectivity index (χ4n) is 18.2. The van der Waals surface area contributed by atoms with Crippen molar-refractivity contribution in [3.05, 3.63) is 285 Å². The SMILES string of the molecule is Cc1ccc(-c2cc[n+](C)c(-c3cc4c(cc3C)C3(CCCC3)c3nc(C)ccc3-4)c2)cc1.Cc1ccc(-c2cc[n+](C)c(-c3cc4c(cc3C)C3(CCCC3)c3nc(C)ccc3-4)c2)cc1.Cc1ccc2c(n1)C1(CCCC1)c1cc(C)c(-c3cc(-c4ccc(F)cc4)cc[n+]3C)cc1-2. The molecule has 6 aliphatic rings. The maximum absolute atomic E-state index is 13.5. The molecular weight excluding hydrogens is 1210 g/mol. The lowest BCUT2D eigenvalue weighted by atomic mass is 9.78. The van der Waals surface area contributed by atoms with E-state index in [9.17, 15) is 4.39 Å². The van der Waals surface area contributed by atoms with Gasteiger partial charge in [-0.15, -0.1) is 0 Å². The molecule has 3 spiro atoms. The van der Waals surface area contributed by atoms with Crippen LogP contribution in [0.4, 0.5) is 4.39 Å². The highest BCUT2D eigenvalue weighted by Crippen LogP contribution is 2.60. The van der Waals surface area contributed by atoms with Gasteiger partial charge in [-0.1, -0.05) is 147 Å². The van der Waals surface area contributed by atoms with Crippen molar-refractivity contribution in [2.24, 2.45) is 21.1 Å². The number of benzene rings is 6. The van der Waals surface area contributed by atoms with Gasteiger partial charge in [0.15, 0.2) is 18.6 Å². The van der Waals surface area contributed by atoms with Gasteiger partial charge in [0, 0.05) is 103 Å². The van der Waals surface area contributed by atoms with Crippen LogP contribution < -0.4 is 13.7 Å². The molecule has 0 aliphatic heterocycles. The third kappa shape index (κ3) is 10.9. The number of nitrogens with zero attached hydrogens (tertiary/aromatic N) is 6. The van der Waals surface area contributed by atoms with E-state index in [2.05, 4.69) is 267 Å². The fraction of sp³-hybridized carbons (Fsp3) is 0.283. The van der Waals surface area contributed by atoms with Gasteiger partial charge in [0.05, 0.1) is 17.1 Å². The third-order valence-electron chi connectivity index (χ3n) is 23.6. The average Bonchev–Trinajstić information content (AvgIpc) is 1.57. The van der Waals surface area contributed by atoms with Gasteiger partial charge in [0.2, 0.25) is 17.1 Å². The molecule has 6 aromatic heterocycles. The molecule has 18 rings (SSSR count). The summed E-state index contributed by atoms with van der Waals surface area (Å²) in [4.78, 5) is 15.3. The summed E-state index contributed by atoms with van der Waals surface area (Å²) in [6, 6.07) is 65.9. The van der Waals surface area contributed by atoms with Gasteiger partial charge in [0.25, 0.3) is 0 Å². The summed E-state index contributed by atoms with van der Waals surface area (Å²) in [5.41, 5.74) is 41.4. The van der Waals surface area contributed by atoms with Gasteiger partial charge in [-0.25, -0.2) is 18.1 Å². The molecule has 0 atom stereocenters. The molecule has 0 amide bonds. The standard InChI is InChI=1S/2C31H31N2.C30H28FN2/c2*1-20-7-10-23(11-8-20)24-13-16-33(4)29(18-24)26-19-27-25-12-9-22(3)32-30(25)31(14-5-6-15-31)28(27)17-21(26)2;1-19-16-27-26(24-11-6-20(2)32-29(24)30(27)13-4-5-14-30)18-25(19)28-17-22(12-15-33(28)3)21-7-9-23(31)10-8-21/h2*7-13,16-19H,5-6,14-15H2,1-4H3;6-12,15-18H,4-5,13-14H2,1-3H3/q3*+1. The lowest BCUT2D eigenvalue weighted by molar-refractivity contribution is -0.660. The van der Waals surface area contributed by atoms with Crippen molar-refractivity contribution in [2.75, 3.05) is 0 Å². The molecule has 6 aromatic carbocycles. The van der Waals surface area contributed by atoms with E-state index in [4.69, 9.17) is 15.0 Å². The maximum Gasteiger partial charge on any atom is 0.213 e. The van der Waals surface area contributed by atoms with Crippen LogP contribution in [0.5, 0.6) is 0 Å². The monoisotopic (exact) mass is 1300 g/mol. The van der Waals surface area contributed by atoms with Gasteiger partial charge in [0.1, 0.15) is 27.0 Å². The normalized spacial score (nSPS) is 15.6. The Morgan fingerprint density at radius 2 is 0.556 bits per heavy atom. The molecule has 12 aromatic rings. The molecule has 3 fully saturated rings. The van der Waals surface area contributed by atoms with E-state index in [0.717, 1.165) is 33.9 Å². The van der Waals surface area contributed by atoms with E-state index >= 15 is 0 Å². The number of fused-ring (bicyclic) bond motifs is 15. The fourth-order valence-corrected chi connectivity index (χ4v) is 18.2. The Balaban J connectivity index is 0.000000116. The largest absolute Gasteiger partial charge is 0.257 e. The summed E-state index contributed by atoms with van der Waals surface area (Å²) in [5.74, 6) is -0.210. The van der Waals surface area contributed by atoms with Crippen molar-refractivity contribution in [1.29, 1.82) is 0 Å². The summed E-state index contributed by atoms with van der Waals surface area (Å²) in [6.45, 7) is 17.4. The molecule has 0 saturated heterocycles. The second-order valence-corrected chi connectivity index (χ2v) is 30.0. The highest BCUT2D eigenvalue weighted by Gasteiger charge is 2.50. The predicted octanol–water partition coefficient (Wildman–Crippen LogP) is 20.8. The first kappa shape index (κ1) is 63.9. The summed E-state index contributed by atoms with van der Waals surface area (Å²) < 4.78 is 20.1. The maximum atomic E-state index is 13.5. The van der Waals surface area contributed by atoms with Gasteiger partial charge in [-0.05, 0) is 226 Å². The summed E-state index contributed by atoms with van der Waals surface area (Å²) >= 11 is 0. The number of pyridine rings is 6. The Morgan fingerprint density at radius 1 is 0.283 bits per heavy atom. The number of hydrogen-bond acceptors (Lipinski definition) is 3. The number of hydrogen-bond donors (Lipinski definition) is 0.